The molecule has 0 heterocycles. The standard InChI is InChI=1S/C10H13ClFNO2/c1-14-3-2-4-15-10-6-8(12)7(11)5-9(10)13/h5-6H,2-4,13H2,1H3. The Bertz CT molecular complexity index is 333. The average Bonchev–Trinajstić information content (AvgIpc) is 2.20. The van der Waals surface area contributed by atoms with Crippen LogP contribution in [-0.4, -0.2) is 20.3 Å². The van der Waals surface area contributed by atoms with Crippen molar-refractivity contribution >= 4 is 17.3 Å². The molecule has 0 amide bonds. The molecule has 1 rings (SSSR count). The van der Waals surface area contributed by atoms with Crippen molar-refractivity contribution in [2.24, 2.45) is 0 Å². The zero-order valence-electron chi connectivity index (χ0n) is 8.43. The van der Waals surface area contributed by atoms with Crippen molar-refractivity contribution in [3.63, 3.8) is 0 Å². The minimum atomic E-state index is -0.535. The van der Waals surface area contributed by atoms with Gasteiger partial charge in [0.15, 0.2) is 0 Å². The lowest BCUT2D eigenvalue weighted by Crippen LogP contribution is -2.03. The van der Waals surface area contributed by atoms with Gasteiger partial charge in [-0.3, -0.25) is 0 Å². The summed E-state index contributed by atoms with van der Waals surface area (Å²) in [5, 5.41) is -0.00302. The van der Waals surface area contributed by atoms with E-state index in [0.717, 1.165) is 6.42 Å². The molecular formula is C10H13ClFNO2. The molecule has 1 aromatic carbocycles. The molecular weight excluding hydrogens is 221 g/mol. The van der Waals surface area contributed by atoms with E-state index in [1.54, 1.807) is 7.11 Å². The van der Waals surface area contributed by atoms with Crippen LogP contribution in [0.4, 0.5) is 10.1 Å². The van der Waals surface area contributed by atoms with E-state index < -0.39 is 5.82 Å². The third kappa shape index (κ3) is 3.57. The van der Waals surface area contributed by atoms with Crippen molar-refractivity contribution in [2.45, 2.75) is 6.42 Å². The predicted molar refractivity (Wildman–Crippen MR) is 57.8 cm³/mol. The second-order valence-corrected chi connectivity index (χ2v) is 3.41. The fourth-order valence-electron chi connectivity index (χ4n) is 1.05. The number of hydrogen-bond acceptors (Lipinski definition) is 3. The van der Waals surface area contributed by atoms with Crippen molar-refractivity contribution in [1.82, 2.24) is 0 Å². The van der Waals surface area contributed by atoms with Gasteiger partial charge >= 0.3 is 0 Å². The first-order valence-electron chi connectivity index (χ1n) is 4.51. The molecule has 0 spiro atoms. The first kappa shape index (κ1) is 12.1. The van der Waals surface area contributed by atoms with E-state index in [4.69, 9.17) is 26.8 Å². The Hall–Kier alpha value is -1.00. The van der Waals surface area contributed by atoms with Crippen LogP contribution in [0.2, 0.25) is 5.02 Å². The summed E-state index contributed by atoms with van der Waals surface area (Å²) in [4.78, 5) is 0. The van der Waals surface area contributed by atoms with E-state index in [1.165, 1.54) is 12.1 Å². The third-order valence-corrected chi connectivity index (χ3v) is 2.09. The van der Waals surface area contributed by atoms with Crippen LogP contribution in [0.3, 0.4) is 0 Å². The lowest BCUT2D eigenvalue weighted by Gasteiger charge is -2.09. The molecule has 0 aliphatic carbocycles. The quantitative estimate of drug-likeness (QED) is 0.628. The van der Waals surface area contributed by atoms with E-state index in [2.05, 4.69) is 0 Å². The molecule has 2 N–H and O–H groups in total. The molecule has 0 aromatic heterocycles. The topological polar surface area (TPSA) is 44.5 Å². The van der Waals surface area contributed by atoms with Gasteiger partial charge in [0.05, 0.1) is 17.3 Å². The first-order valence-corrected chi connectivity index (χ1v) is 4.89. The summed E-state index contributed by atoms with van der Waals surface area (Å²) >= 11 is 5.54. The number of anilines is 1. The van der Waals surface area contributed by atoms with Gasteiger partial charge in [0.1, 0.15) is 11.6 Å². The SMILES string of the molecule is COCCCOc1cc(F)c(Cl)cc1N. The molecule has 0 radical (unpaired) electrons. The van der Waals surface area contributed by atoms with E-state index in [9.17, 15) is 4.39 Å². The van der Waals surface area contributed by atoms with Crippen molar-refractivity contribution in [3.05, 3.63) is 23.0 Å². The van der Waals surface area contributed by atoms with E-state index >= 15 is 0 Å². The molecule has 84 valence electrons. The van der Waals surface area contributed by atoms with Crippen LogP contribution < -0.4 is 10.5 Å². The highest BCUT2D eigenvalue weighted by Crippen LogP contribution is 2.28. The van der Waals surface area contributed by atoms with Crippen molar-refractivity contribution < 1.29 is 13.9 Å². The van der Waals surface area contributed by atoms with E-state index in [0.29, 0.717) is 24.7 Å². The second kappa shape index (κ2) is 5.78. The van der Waals surface area contributed by atoms with Gasteiger partial charge in [0.25, 0.3) is 0 Å². The van der Waals surface area contributed by atoms with Crippen molar-refractivity contribution in [2.75, 3.05) is 26.1 Å². The molecule has 1 aromatic rings. The Kier molecular flexibility index (Phi) is 4.65. The van der Waals surface area contributed by atoms with Gasteiger partial charge < -0.3 is 15.2 Å². The van der Waals surface area contributed by atoms with Crippen LogP contribution in [0.25, 0.3) is 0 Å². The minimum absolute atomic E-state index is 0.00302. The molecule has 0 fully saturated rings. The summed E-state index contributed by atoms with van der Waals surface area (Å²) in [5.41, 5.74) is 5.93. The predicted octanol–water partition coefficient (Wildman–Crippen LogP) is 2.48. The molecule has 0 atom stereocenters. The van der Waals surface area contributed by atoms with Crippen LogP contribution in [0.15, 0.2) is 12.1 Å². The lowest BCUT2D eigenvalue weighted by molar-refractivity contribution is 0.172. The third-order valence-electron chi connectivity index (χ3n) is 1.80. The normalized spacial score (nSPS) is 10.3. The Morgan fingerprint density at radius 3 is 2.80 bits per heavy atom. The van der Waals surface area contributed by atoms with Gasteiger partial charge in [0.2, 0.25) is 0 Å². The number of methoxy groups -OCH3 is 1. The first-order chi connectivity index (χ1) is 7.15. The maximum atomic E-state index is 13.0. The van der Waals surface area contributed by atoms with Gasteiger partial charge in [-0.05, 0) is 6.07 Å². The maximum absolute atomic E-state index is 13.0. The zero-order chi connectivity index (χ0) is 11.3. The summed E-state index contributed by atoms with van der Waals surface area (Å²) in [5.74, 6) is -0.222. The summed E-state index contributed by atoms with van der Waals surface area (Å²) < 4.78 is 23.2. The van der Waals surface area contributed by atoms with Gasteiger partial charge in [-0.25, -0.2) is 4.39 Å². The fraction of sp³-hybridized carbons (Fsp3) is 0.400. The molecule has 3 nitrogen and oxygen atoms in total. The monoisotopic (exact) mass is 233 g/mol. The second-order valence-electron chi connectivity index (χ2n) is 3.00. The summed E-state index contributed by atoms with van der Waals surface area (Å²) in [6.07, 6.45) is 0.722. The number of ether oxygens (including phenoxy) is 2. The van der Waals surface area contributed by atoms with Gasteiger partial charge in [-0.2, -0.15) is 0 Å². The Balaban J connectivity index is 2.57. The highest BCUT2D eigenvalue weighted by molar-refractivity contribution is 6.31. The van der Waals surface area contributed by atoms with Crippen LogP contribution in [0, 0.1) is 5.82 Å². The molecule has 15 heavy (non-hydrogen) atoms. The molecule has 0 saturated carbocycles. The number of rotatable bonds is 5. The number of nitrogen functional groups attached to an aromatic ring is 1. The van der Waals surface area contributed by atoms with Crippen LogP contribution in [0.5, 0.6) is 5.75 Å². The molecule has 0 aliphatic heterocycles. The van der Waals surface area contributed by atoms with Gasteiger partial charge in [-0.1, -0.05) is 11.6 Å². The Labute approximate surface area is 92.9 Å². The number of hydrogen-bond donors (Lipinski definition) is 1. The summed E-state index contributed by atoms with van der Waals surface area (Å²) in [7, 11) is 1.61. The molecule has 0 unspecified atom stereocenters. The van der Waals surface area contributed by atoms with Crippen LogP contribution >= 0.6 is 11.6 Å². The summed E-state index contributed by atoms with van der Waals surface area (Å²) in [6, 6.07) is 2.52. The van der Waals surface area contributed by atoms with Crippen LogP contribution in [0.1, 0.15) is 6.42 Å². The van der Waals surface area contributed by atoms with Crippen LogP contribution in [-0.2, 0) is 4.74 Å². The molecule has 0 aliphatic rings. The lowest BCUT2D eigenvalue weighted by atomic mass is 10.3. The number of halogens is 2. The Morgan fingerprint density at radius 2 is 2.13 bits per heavy atom. The number of benzene rings is 1. The average molecular weight is 234 g/mol. The van der Waals surface area contributed by atoms with E-state index in [1.807, 2.05) is 0 Å². The highest BCUT2D eigenvalue weighted by Gasteiger charge is 2.06. The minimum Gasteiger partial charge on any atom is -0.491 e. The summed E-state index contributed by atoms with van der Waals surface area (Å²) in [6.45, 7) is 1.02. The van der Waals surface area contributed by atoms with Gasteiger partial charge in [0, 0.05) is 26.2 Å². The largest absolute Gasteiger partial charge is 0.491 e. The highest BCUT2D eigenvalue weighted by atomic mass is 35.5. The zero-order valence-corrected chi connectivity index (χ0v) is 9.18. The van der Waals surface area contributed by atoms with E-state index in [-0.39, 0.29) is 5.02 Å². The molecule has 0 saturated heterocycles. The van der Waals surface area contributed by atoms with Gasteiger partial charge in [-0.15, -0.1) is 0 Å². The smallest absolute Gasteiger partial charge is 0.145 e. The maximum Gasteiger partial charge on any atom is 0.145 e. The molecule has 5 heteroatoms. The van der Waals surface area contributed by atoms with Crippen molar-refractivity contribution in [3.8, 4) is 5.75 Å². The molecule has 0 bridgehead atoms. The fourth-order valence-corrected chi connectivity index (χ4v) is 1.23. The Morgan fingerprint density at radius 1 is 1.40 bits per heavy atom. The number of nitrogens with two attached hydrogens (primary N) is 1. The van der Waals surface area contributed by atoms with Crippen molar-refractivity contribution in [1.29, 1.82) is 0 Å².